The Bertz CT molecular complexity index is 589. The molecule has 1 aromatic rings. The van der Waals surface area contributed by atoms with Crippen molar-refractivity contribution < 1.29 is 13.3 Å². The molecule has 9 heteroatoms. The van der Waals surface area contributed by atoms with E-state index in [1.807, 2.05) is 0 Å². The van der Waals surface area contributed by atoms with Crippen molar-refractivity contribution in [1.29, 1.82) is 0 Å². The van der Waals surface area contributed by atoms with Crippen LogP contribution < -0.4 is 5.32 Å². The van der Waals surface area contributed by atoms with E-state index in [4.69, 9.17) is 0 Å². The zero-order valence-electron chi connectivity index (χ0n) is 10.5. The van der Waals surface area contributed by atoms with Gasteiger partial charge in [-0.25, -0.2) is 13.4 Å². The zero-order valence-corrected chi connectivity index (χ0v) is 12.9. The Morgan fingerprint density at radius 1 is 1.53 bits per heavy atom. The van der Waals surface area contributed by atoms with Gasteiger partial charge in [-0.05, 0) is 22.9 Å². The molecule has 0 unspecified atom stereocenters. The van der Waals surface area contributed by atoms with E-state index >= 15 is 0 Å². The largest absolute Gasteiger partial charge is 0.368 e. The fourth-order valence-corrected chi connectivity index (χ4v) is 2.49. The van der Waals surface area contributed by atoms with Crippen molar-refractivity contribution in [3.05, 3.63) is 26.3 Å². The van der Waals surface area contributed by atoms with Crippen LogP contribution in [0.3, 0.4) is 0 Å². The molecule has 0 aliphatic heterocycles. The predicted molar refractivity (Wildman–Crippen MR) is 76.1 cm³/mol. The van der Waals surface area contributed by atoms with Crippen LogP contribution in [0.15, 0.2) is 10.7 Å². The summed E-state index contributed by atoms with van der Waals surface area (Å²) in [5, 5.41) is 13.6. The third-order valence-corrected chi connectivity index (χ3v) is 5.26. The molecule has 19 heavy (non-hydrogen) atoms. The van der Waals surface area contributed by atoms with Crippen LogP contribution in [-0.4, -0.2) is 36.4 Å². The summed E-state index contributed by atoms with van der Waals surface area (Å²) in [6, 6.07) is 0. The first-order valence-electron chi connectivity index (χ1n) is 5.52. The highest BCUT2D eigenvalue weighted by atomic mass is 79.9. The van der Waals surface area contributed by atoms with Gasteiger partial charge in [0.05, 0.1) is 15.1 Å². The Balaban J connectivity index is 2.82. The Morgan fingerprint density at radius 2 is 2.16 bits per heavy atom. The predicted octanol–water partition coefficient (Wildman–Crippen LogP) is 1.91. The van der Waals surface area contributed by atoms with Crippen LogP contribution in [0.5, 0.6) is 0 Å². The number of nitrogens with zero attached hydrogens (tertiary/aromatic N) is 2. The second-order valence-corrected chi connectivity index (χ2v) is 7.12. The topological polar surface area (TPSA) is 102 Å². The molecule has 1 N–H and O–H groups in total. The quantitative estimate of drug-likeness (QED) is 0.620. The lowest BCUT2D eigenvalue weighted by molar-refractivity contribution is -0.385. The van der Waals surface area contributed by atoms with Gasteiger partial charge < -0.3 is 5.32 Å². The number of rotatable bonds is 6. The maximum Gasteiger partial charge on any atom is 0.291 e. The third kappa shape index (κ3) is 4.13. The van der Waals surface area contributed by atoms with Crippen molar-refractivity contribution in [2.24, 2.45) is 0 Å². The maximum absolute atomic E-state index is 11.3. The number of nitro groups is 1. The SMILES string of the molecule is CCS(=O)(=O)CCNc1ncc([N+](=O)[O-])c(C)c1Br. The van der Waals surface area contributed by atoms with E-state index in [2.05, 4.69) is 26.2 Å². The lowest BCUT2D eigenvalue weighted by atomic mass is 10.2. The molecule has 0 saturated carbocycles. The Hall–Kier alpha value is -1.22. The second-order valence-electron chi connectivity index (χ2n) is 3.85. The van der Waals surface area contributed by atoms with E-state index in [-0.39, 0.29) is 23.7 Å². The van der Waals surface area contributed by atoms with Crippen molar-refractivity contribution in [2.75, 3.05) is 23.4 Å². The first-order chi connectivity index (χ1) is 8.78. The fourth-order valence-electron chi connectivity index (χ4n) is 1.35. The van der Waals surface area contributed by atoms with E-state index in [9.17, 15) is 18.5 Å². The summed E-state index contributed by atoms with van der Waals surface area (Å²) in [6.45, 7) is 3.39. The number of hydrogen-bond donors (Lipinski definition) is 1. The molecule has 7 nitrogen and oxygen atoms in total. The fraction of sp³-hybridized carbons (Fsp3) is 0.500. The van der Waals surface area contributed by atoms with E-state index in [0.717, 1.165) is 6.20 Å². The molecular weight excluding hydrogens is 338 g/mol. The Morgan fingerprint density at radius 3 is 2.68 bits per heavy atom. The van der Waals surface area contributed by atoms with Gasteiger partial charge in [0, 0.05) is 17.9 Å². The van der Waals surface area contributed by atoms with Crippen molar-refractivity contribution in [1.82, 2.24) is 4.98 Å². The minimum atomic E-state index is -3.05. The van der Waals surface area contributed by atoms with Crippen LogP contribution in [0.25, 0.3) is 0 Å². The van der Waals surface area contributed by atoms with E-state index in [1.165, 1.54) is 0 Å². The van der Waals surface area contributed by atoms with Crippen LogP contribution in [0.2, 0.25) is 0 Å². The summed E-state index contributed by atoms with van der Waals surface area (Å²) in [6.07, 6.45) is 1.15. The molecule has 0 fully saturated rings. The van der Waals surface area contributed by atoms with Crippen LogP contribution in [0.4, 0.5) is 11.5 Å². The number of anilines is 1. The number of sulfone groups is 1. The average Bonchev–Trinajstić information content (AvgIpc) is 2.34. The van der Waals surface area contributed by atoms with Crippen LogP contribution in [-0.2, 0) is 9.84 Å². The summed E-state index contributed by atoms with van der Waals surface area (Å²) in [7, 11) is -3.05. The smallest absolute Gasteiger partial charge is 0.291 e. The van der Waals surface area contributed by atoms with Crippen molar-refractivity contribution in [3.8, 4) is 0 Å². The second kappa shape index (κ2) is 6.29. The molecule has 0 bridgehead atoms. The highest BCUT2D eigenvalue weighted by Gasteiger charge is 2.17. The summed E-state index contributed by atoms with van der Waals surface area (Å²) in [5.74, 6) is 0.477. The molecule has 0 saturated heterocycles. The molecule has 0 atom stereocenters. The highest BCUT2D eigenvalue weighted by Crippen LogP contribution is 2.30. The van der Waals surface area contributed by atoms with Crippen LogP contribution in [0.1, 0.15) is 12.5 Å². The van der Waals surface area contributed by atoms with Gasteiger partial charge in [0.1, 0.15) is 12.0 Å². The zero-order chi connectivity index (χ0) is 14.6. The van der Waals surface area contributed by atoms with Gasteiger partial charge in [0.2, 0.25) is 0 Å². The monoisotopic (exact) mass is 351 g/mol. The Kier molecular flexibility index (Phi) is 5.24. The van der Waals surface area contributed by atoms with Crippen LogP contribution >= 0.6 is 15.9 Å². The standard InChI is InChI=1S/C10H14BrN3O4S/c1-3-19(17,18)5-4-12-10-9(11)7(2)8(6-13-10)14(15)16/h6H,3-5H2,1-2H3,(H,12,13). The van der Waals surface area contributed by atoms with Gasteiger partial charge in [-0.3, -0.25) is 10.1 Å². The number of pyridine rings is 1. The third-order valence-electron chi connectivity index (χ3n) is 2.58. The average molecular weight is 352 g/mol. The number of nitrogens with one attached hydrogen (secondary N) is 1. The molecule has 106 valence electrons. The van der Waals surface area contributed by atoms with Gasteiger partial charge in [-0.2, -0.15) is 0 Å². The Labute approximate surface area is 119 Å². The minimum absolute atomic E-state index is 0.00629. The van der Waals surface area contributed by atoms with Crippen molar-refractivity contribution in [3.63, 3.8) is 0 Å². The first kappa shape index (κ1) is 15.8. The van der Waals surface area contributed by atoms with Gasteiger partial charge in [-0.15, -0.1) is 0 Å². The molecule has 0 spiro atoms. The number of halogens is 1. The molecule has 0 aliphatic rings. The molecule has 1 aromatic heterocycles. The van der Waals surface area contributed by atoms with Gasteiger partial charge in [-0.1, -0.05) is 6.92 Å². The van der Waals surface area contributed by atoms with E-state index in [0.29, 0.717) is 15.9 Å². The summed E-state index contributed by atoms with van der Waals surface area (Å²) >= 11 is 3.22. The molecule has 0 aromatic carbocycles. The van der Waals surface area contributed by atoms with Gasteiger partial charge in [0.25, 0.3) is 5.69 Å². The molecule has 1 rings (SSSR count). The van der Waals surface area contributed by atoms with E-state index in [1.54, 1.807) is 13.8 Å². The minimum Gasteiger partial charge on any atom is -0.368 e. The van der Waals surface area contributed by atoms with Gasteiger partial charge in [0.15, 0.2) is 9.84 Å². The number of aromatic nitrogens is 1. The highest BCUT2D eigenvalue weighted by molar-refractivity contribution is 9.10. The molecule has 0 radical (unpaired) electrons. The maximum atomic E-state index is 11.3. The van der Waals surface area contributed by atoms with E-state index < -0.39 is 14.8 Å². The lowest BCUT2D eigenvalue weighted by Crippen LogP contribution is -2.18. The molecule has 0 aliphatic carbocycles. The molecule has 0 amide bonds. The molecular formula is C10H14BrN3O4S. The first-order valence-corrected chi connectivity index (χ1v) is 8.13. The van der Waals surface area contributed by atoms with Crippen LogP contribution in [0, 0.1) is 17.0 Å². The summed E-state index contributed by atoms with van der Waals surface area (Å²) < 4.78 is 23.1. The lowest BCUT2D eigenvalue weighted by Gasteiger charge is -2.09. The van der Waals surface area contributed by atoms with Crippen molar-refractivity contribution >= 4 is 37.3 Å². The van der Waals surface area contributed by atoms with Crippen molar-refractivity contribution in [2.45, 2.75) is 13.8 Å². The normalized spacial score (nSPS) is 11.3. The summed E-state index contributed by atoms with van der Waals surface area (Å²) in [4.78, 5) is 14.1. The van der Waals surface area contributed by atoms with Gasteiger partial charge >= 0.3 is 0 Å². The summed E-state index contributed by atoms with van der Waals surface area (Å²) in [5.41, 5.74) is 0.361. The molecule has 1 heterocycles. The number of hydrogen-bond acceptors (Lipinski definition) is 6.